The summed E-state index contributed by atoms with van der Waals surface area (Å²) in [6, 6.07) is 5.08. The lowest BCUT2D eigenvalue weighted by atomic mass is 10.1. The smallest absolute Gasteiger partial charge is 0.434 e. The van der Waals surface area contributed by atoms with Crippen molar-refractivity contribution in [3.63, 3.8) is 0 Å². The molecule has 0 aliphatic carbocycles. The van der Waals surface area contributed by atoms with Gasteiger partial charge < -0.3 is 4.74 Å². The third kappa shape index (κ3) is 13.4. The second-order valence-electron chi connectivity index (χ2n) is 6.48. The molecule has 1 aromatic rings. The van der Waals surface area contributed by atoms with Crippen LogP contribution in [0.5, 0.6) is 5.75 Å². The topological polar surface area (TPSA) is 21.6 Å². The first-order valence-corrected chi connectivity index (χ1v) is 8.86. The van der Waals surface area contributed by atoms with Gasteiger partial charge in [-0.2, -0.15) is 26.3 Å². The summed E-state index contributed by atoms with van der Waals surface area (Å²) < 4.78 is 81.8. The Bertz CT molecular complexity index is 550. The minimum Gasteiger partial charge on any atom is -0.494 e. The highest BCUT2D eigenvalue weighted by molar-refractivity contribution is 7.79. The Hall–Kier alpha value is -1.38. The van der Waals surface area contributed by atoms with Crippen molar-refractivity contribution in [2.24, 2.45) is 10.3 Å². The van der Waals surface area contributed by atoms with Gasteiger partial charge in [-0.1, -0.05) is 20.8 Å². The highest BCUT2D eigenvalue weighted by Gasteiger charge is 2.36. The van der Waals surface area contributed by atoms with E-state index in [4.69, 9.17) is 4.74 Å². The number of halogens is 6. The maximum atomic E-state index is 12.6. The SMILES string of the molecule is CC(C)C.FC(F)(F)CCCCCOc1ccc(/C(=N\S)C(F)(F)F)cc1. The number of nitrogens with zero attached hydrogens (tertiary/aromatic N) is 1. The molecule has 0 aromatic heterocycles. The number of unbranched alkanes of at least 4 members (excludes halogenated alkanes) is 2. The molecule has 0 radical (unpaired) electrons. The number of hydrogen-bond acceptors (Lipinski definition) is 3. The zero-order valence-electron chi connectivity index (χ0n) is 15.5. The fourth-order valence-corrected chi connectivity index (χ4v) is 2.01. The number of ether oxygens (including phenoxy) is 1. The van der Waals surface area contributed by atoms with Crippen LogP contribution in [0.4, 0.5) is 26.3 Å². The van der Waals surface area contributed by atoms with Crippen LogP contribution in [0.3, 0.4) is 0 Å². The number of rotatable bonds is 7. The molecule has 0 fully saturated rings. The predicted octanol–water partition coefficient (Wildman–Crippen LogP) is 7.05. The highest BCUT2D eigenvalue weighted by Crippen LogP contribution is 2.25. The van der Waals surface area contributed by atoms with Crippen molar-refractivity contribution >= 4 is 18.5 Å². The molecule has 0 N–H and O–H groups in total. The fourth-order valence-electron chi connectivity index (χ4n) is 1.78. The number of thiol groups is 1. The van der Waals surface area contributed by atoms with Crippen LogP contribution in [0.2, 0.25) is 0 Å². The fraction of sp³-hybridized carbons (Fsp3) is 0.611. The van der Waals surface area contributed by atoms with Gasteiger partial charge in [0.1, 0.15) is 5.75 Å². The summed E-state index contributed by atoms with van der Waals surface area (Å²) in [5.41, 5.74) is -1.26. The van der Waals surface area contributed by atoms with Crippen LogP contribution in [0, 0.1) is 5.92 Å². The van der Waals surface area contributed by atoms with Crippen molar-refractivity contribution in [3.8, 4) is 5.75 Å². The molecule has 0 bridgehead atoms. The van der Waals surface area contributed by atoms with Crippen molar-refractivity contribution in [2.75, 3.05) is 6.61 Å². The van der Waals surface area contributed by atoms with Crippen molar-refractivity contribution < 1.29 is 31.1 Å². The molecule has 27 heavy (non-hydrogen) atoms. The molecule has 156 valence electrons. The van der Waals surface area contributed by atoms with Gasteiger partial charge >= 0.3 is 12.4 Å². The molecule has 1 aromatic carbocycles. The van der Waals surface area contributed by atoms with E-state index in [1.165, 1.54) is 24.3 Å². The molecule has 0 aliphatic heterocycles. The first kappa shape index (κ1) is 25.6. The van der Waals surface area contributed by atoms with Gasteiger partial charge in [0.2, 0.25) is 0 Å². The van der Waals surface area contributed by atoms with E-state index >= 15 is 0 Å². The van der Waals surface area contributed by atoms with Crippen molar-refractivity contribution in [1.29, 1.82) is 0 Å². The van der Waals surface area contributed by atoms with Gasteiger partial charge in [0.25, 0.3) is 0 Å². The third-order valence-corrected chi connectivity index (χ3v) is 3.07. The van der Waals surface area contributed by atoms with E-state index in [1.54, 1.807) is 0 Å². The molecular formula is C18H25F6NOS. The first-order chi connectivity index (χ1) is 12.4. The largest absolute Gasteiger partial charge is 0.494 e. The Kier molecular flexibility index (Phi) is 11.5. The zero-order valence-corrected chi connectivity index (χ0v) is 16.4. The van der Waals surface area contributed by atoms with E-state index in [-0.39, 0.29) is 18.6 Å². The quantitative estimate of drug-likeness (QED) is 0.218. The van der Waals surface area contributed by atoms with Gasteiger partial charge in [-0.15, -0.1) is 0 Å². The number of alkyl halides is 6. The molecule has 0 unspecified atom stereocenters. The number of hydrogen-bond donors (Lipinski definition) is 1. The molecule has 0 saturated carbocycles. The molecule has 9 heteroatoms. The first-order valence-electron chi connectivity index (χ1n) is 8.46. The van der Waals surface area contributed by atoms with Crippen LogP contribution < -0.4 is 4.74 Å². The van der Waals surface area contributed by atoms with Gasteiger partial charge in [-0.25, -0.2) is 4.40 Å². The molecule has 0 saturated heterocycles. The van der Waals surface area contributed by atoms with Gasteiger partial charge in [-0.05, 0) is 62.3 Å². The van der Waals surface area contributed by atoms with Crippen molar-refractivity contribution in [3.05, 3.63) is 29.8 Å². The van der Waals surface area contributed by atoms with E-state index in [0.717, 1.165) is 5.92 Å². The second kappa shape index (κ2) is 12.2. The van der Waals surface area contributed by atoms with Crippen molar-refractivity contribution in [1.82, 2.24) is 0 Å². The van der Waals surface area contributed by atoms with Crippen LogP contribution >= 0.6 is 12.8 Å². The summed E-state index contributed by atoms with van der Waals surface area (Å²) in [6.07, 6.45) is -8.76. The summed E-state index contributed by atoms with van der Waals surface area (Å²) in [6.45, 7) is 6.70. The third-order valence-electron chi connectivity index (χ3n) is 2.87. The van der Waals surface area contributed by atoms with Gasteiger partial charge in [0.15, 0.2) is 5.71 Å². The Labute approximate surface area is 161 Å². The molecule has 1 rings (SSSR count). The molecule has 0 spiro atoms. The Balaban J connectivity index is 0.00000153. The summed E-state index contributed by atoms with van der Waals surface area (Å²) >= 11 is 3.31. The minimum absolute atomic E-state index is 0.0269. The zero-order chi connectivity index (χ0) is 21.1. The van der Waals surface area contributed by atoms with E-state index in [1.807, 2.05) is 0 Å². The van der Waals surface area contributed by atoms with E-state index in [0.29, 0.717) is 18.6 Å². The van der Waals surface area contributed by atoms with Gasteiger partial charge in [0, 0.05) is 12.0 Å². The van der Waals surface area contributed by atoms with Gasteiger partial charge in [-0.3, -0.25) is 0 Å². The normalized spacial score (nSPS) is 12.6. The highest BCUT2D eigenvalue weighted by atomic mass is 32.1. The lowest BCUT2D eigenvalue weighted by Gasteiger charge is -2.11. The molecule has 0 amide bonds. The Morgan fingerprint density at radius 3 is 1.89 bits per heavy atom. The lowest BCUT2D eigenvalue weighted by molar-refractivity contribution is -0.135. The van der Waals surface area contributed by atoms with Crippen LogP contribution in [-0.2, 0) is 0 Å². The van der Waals surface area contributed by atoms with E-state index in [2.05, 4.69) is 38.0 Å². The molecule has 0 heterocycles. The minimum atomic E-state index is -4.61. The predicted molar refractivity (Wildman–Crippen MR) is 98.6 cm³/mol. The van der Waals surface area contributed by atoms with E-state index < -0.39 is 24.5 Å². The second-order valence-corrected chi connectivity index (χ2v) is 6.68. The Morgan fingerprint density at radius 1 is 0.963 bits per heavy atom. The Morgan fingerprint density at radius 2 is 1.48 bits per heavy atom. The number of benzene rings is 1. The standard InChI is InChI=1S/C14H15F6NOS.C4H10/c15-13(16,17)8-2-1-3-9-22-11-6-4-10(5-7-11)12(21-23)14(18,19)20;1-4(2)3/h4-7,23H,1-3,8-9H2;4H,1-3H3/b21-12+;. The van der Waals surface area contributed by atoms with Crippen LogP contribution in [0.25, 0.3) is 0 Å². The molecule has 2 nitrogen and oxygen atoms in total. The maximum absolute atomic E-state index is 12.6. The van der Waals surface area contributed by atoms with E-state index in [9.17, 15) is 26.3 Å². The molecular weight excluding hydrogens is 392 g/mol. The summed E-state index contributed by atoms with van der Waals surface area (Å²) in [5, 5.41) is 0. The van der Waals surface area contributed by atoms with Gasteiger partial charge in [0.05, 0.1) is 6.61 Å². The average molecular weight is 417 g/mol. The van der Waals surface area contributed by atoms with Crippen LogP contribution in [-0.4, -0.2) is 24.7 Å². The summed E-state index contributed by atoms with van der Waals surface area (Å²) in [7, 11) is 0. The van der Waals surface area contributed by atoms with Crippen LogP contribution in [0.1, 0.15) is 52.0 Å². The monoisotopic (exact) mass is 417 g/mol. The van der Waals surface area contributed by atoms with Crippen LogP contribution in [0.15, 0.2) is 28.7 Å². The molecule has 0 atom stereocenters. The summed E-state index contributed by atoms with van der Waals surface area (Å²) in [5.74, 6) is 1.17. The lowest BCUT2D eigenvalue weighted by Crippen LogP contribution is -2.23. The molecule has 0 aliphatic rings. The maximum Gasteiger partial charge on any atom is 0.434 e. The average Bonchev–Trinajstić information content (AvgIpc) is 2.50. The summed E-state index contributed by atoms with van der Waals surface area (Å²) in [4.78, 5) is 0. The van der Waals surface area contributed by atoms with Crippen molar-refractivity contribution in [2.45, 2.75) is 58.8 Å².